The van der Waals surface area contributed by atoms with Crippen LogP contribution in [0.5, 0.6) is 0 Å². The lowest BCUT2D eigenvalue weighted by atomic mass is 10.1. The summed E-state index contributed by atoms with van der Waals surface area (Å²) < 4.78 is 25.7. The van der Waals surface area contributed by atoms with Gasteiger partial charge < -0.3 is 10.2 Å². The van der Waals surface area contributed by atoms with Gasteiger partial charge in [-0.2, -0.15) is 0 Å². The van der Waals surface area contributed by atoms with Crippen molar-refractivity contribution in [1.82, 2.24) is 10.2 Å². The molecule has 0 radical (unpaired) electrons. The molecular weight excluding hydrogens is 162 g/mol. The Morgan fingerprint density at radius 1 is 1.50 bits per heavy atom. The predicted molar refractivity (Wildman–Crippen MR) is 44.5 cm³/mol. The highest BCUT2D eigenvalue weighted by Crippen LogP contribution is 2.19. The fourth-order valence-corrected chi connectivity index (χ4v) is 1.43. The lowest BCUT2D eigenvalue weighted by Gasteiger charge is -2.25. The van der Waals surface area contributed by atoms with Crippen LogP contribution in [-0.2, 0) is 0 Å². The molecule has 1 rings (SSSR count). The average molecular weight is 178 g/mol. The van der Waals surface area contributed by atoms with Gasteiger partial charge in [0, 0.05) is 13.5 Å². The van der Waals surface area contributed by atoms with Gasteiger partial charge in [-0.15, -0.1) is 0 Å². The number of nitrogens with one attached hydrogen (secondary N) is 1. The van der Waals surface area contributed by atoms with E-state index in [0.717, 1.165) is 19.9 Å². The Balaban J connectivity index is 2.52. The Kier molecular flexibility index (Phi) is 3.01. The van der Waals surface area contributed by atoms with E-state index in [-0.39, 0.29) is 0 Å². The van der Waals surface area contributed by atoms with Gasteiger partial charge in [0.2, 0.25) is 0 Å². The van der Waals surface area contributed by atoms with E-state index in [1.807, 2.05) is 11.9 Å². The summed E-state index contributed by atoms with van der Waals surface area (Å²) in [5.41, 5.74) is 0. The molecule has 1 fully saturated rings. The summed E-state index contributed by atoms with van der Waals surface area (Å²) in [7, 11) is 1.88. The van der Waals surface area contributed by atoms with E-state index in [2.05, 4.69) is 5.32 Å². The van der Waals surface area contributed by atoms with E-state index >= 15 is 0 Å². The standard InChI is InChI=1S/C8H16F2N2/c1-8(9,10)7-6-12(2)5-3-4-11-7/h7,11H,3-6H2,1-2H3. The molecule has 1 heterocycles. The fraction of sp³-hybridized carbons (Fsp3) is 1.00. The summed E-state index contributed by atoms with van der Waals surface area (Å²) in [4.78, 5) is 1.95. The summed E-state index contributed by atoms with van der Waals surface area (Å²) >= 11 is 0. The van der Waals surface area contributed by atoms with Crippen molar-refractivity contribution in [3.05, 3.63) is 0 Å². The van der Waals surface area contributed by atoms with Crippen LogP contribution in [-0.4, -0.2) is 43.5 Å². The van der Waals surface area contributed by atoms with Gasteiger partial charge in [0.05, 0.1) is 6.04 Å². The molecule has 1 aliphatic heterocycles. The van der Waals surface area contributed by atoms with Gasteiger partial charge in [0.1, 0.15) is 0 Å². The summed E-state index contributed by atoms with van der Waals surface area (Å²) in [5, 5.41) is 2.86. The summed E-state index contributed by atoms with van der Waals surface area (Å²) in [6.45, 7) is 3.01. The number of nitrogens with zero attached hydrogens (tertiary/aromatic N) is 1. The van der Waals surface area contributed by atoms with E-state index < -0.39 is 12.0 Å². The van der Waals surface area contributed by atoms with Crippen LogP contribution in [0.1, 0.15) is 13.3 Å². The molecule has 0 bridgehead atoms. The van der Waals surface area contributed by atoms with Crippen LogP contribution in [0, 0.1) is 0 Å². The largest absolute Gasteiger partial charge is 0.308 e. The van der Waals surface area contributed by atoms with Crippen molar-refractivity contribution in [1.29, 1.82) is 0 Å². The monoisotopic (exact) mass is 178 g/mol. The minimum Gasteiger partial charge on any atom is -0.308 e. The van der Waals surface area contributed by atoms with Crippen LogP contribution in [0.2, 0.25) is 0 Å². The topological polar surface area (TPSA) is 15.3 Å². The molecule has 2 nitrogen and oxygen atoms in total. The van der Waals surface area contributed by atoms with Crippen molar-refractivity contribution in [2.45, 2.75) is 25.3 Å². The van der Waals surface area contributed by atoms with Crippen molar-refractivity contribution >= 4 is 0 Å². The molecule has 4 heteroatoms. The average Bonchev–Trinajstić information content (AvgIpc) is 2.11. The van der Waals surface area contributed by atoms with Crippen molar-refractivity contribution in [3.63, 3.8) is 0 Å². The number of hydrogen-bond donors (Lipinski definition) is 1. The smallest absolute Gasteiger partial charge is 0.261 e. The molecule has 1 unspecified atom stereocenters. The number of alkyl halides is 2. The van der Waals surface area contributed by atoms with Gasteiger partial charge >= 0.3 is 0 Å². The first-order chi connectivity index (χ1) is 5.50. The van der Waals surface area contributed by atoms with Crippen molar-refractivity contribution in [3.8, 4) is 0 Å². The number of halogens is 2. The highest BCUT2D eigenvalue weighted by molar-refractivity contribution is 4.84. The fourth-order valence-electron chi connectivity index (χ4n) is 1.43. The second-order valence-electron chi connectivity index (χ2n) is 3.58. The second kappa shape index (κ2) is 3.66. The molecule has 0 aromatic rings. The molecule has 0 aliphatic carbocycles. The zero-order valence-corrected chi connectivity index (χ0v) is 7.61. The Morgan fingerprint density at radius 3 is 2.75 bits per heavy atom. The molecule has 0 aromatic heterocycles. The second-order valence-corrected chi connectivity index (χ2v) is 3.58. The molecule has 72 valence electrons. The quantitative estimate of drug-likeness (QED) is 0.642. The third kappa shape index (κ3) is 2.68. The van der Waals surface area contributed by atoms with Crippen molar-refractivity contribution in [2.75, 3.05) is 26.7 Å². The summed E-state index contributed by atoms with van der Waals surface area (Å²) in [6, 6.07) is -0.690. The van der Waals surface area contributed by atoms with Crippen molar-refractivity contribution < 1.29 is 8.78 Å². The van der Waals surface area contributed by atoms with E-state index in [4.69, 9.17) is 0 Å². The molecule has 0 spiro atoms. The number of hydrogen-bond acceptors (Lipinski definition) is 2. The maximum absolute atomic E-state index is 12.9. The van der Waals surface area contributed by atoms with Crippen LogP contribution in [0.15, 0.2) is 0 Å². The molecule has 1 aliphatic rings. The molecule has 0 amide bonds. The Labute approximate surface area is 71.9 Å². The molecule has 1 N–H and O–H groups in total. The Hall–Kier alpha value is -0.220. The molecule has 1 atom stereocenters. The third-order valence-corrected chi connectivity index (χ3v) is 2.21. The van der Waals surface area contributed by atoms with E-state index in [1.165, 1.54) is 0 Å². The van der Waals surface area contributed by atoms with Crippen LogP contribution in [0.25, 0.3) is 0 Å². The zero-order chi connectivity index (χ0) is 9.19. The first-order valence-corrected chi connectivity index (χ1v) is 4.30. The minimum atomic E-state index is -2.61. The summed E-state index contributed by atoms with van der Waals surface area (Å²) in [6.07, 6.45) is 0.948. The van der Waals surface area contributed by atoms with Crippen LogP contribution < -0.4 is 5.32 Å². The molecule has 12 heavy (non-hydrogen) atoms. The molecule has 0 saturated carbocycles. The maximum Gasteiger partial charge on any atom is 0.261 e. The maximum atomic E-state index is 12.9. The van der Waals surface area contributed by atoms with E-state index in [0.29, 0.717) is 13.1 Å². The SMILES string of the molecule is CN1CCCNC(C(C)(F)F)C1. The Morgan fingerprint density at radius 2 is 2.17 bits per heavy atom. The van der Waals surface area contributed by atoms with Crippen LogP contribution >= 0.6 is 0 Å². The van der Waals surface area contributed by atoms with Gasteiger partial charge in [0.15, 0.2) is 0 Å². The van der Waals surface area contributed by atoms with E-state index in [9.17, 15) is 8.78 Å². The van der Waals surface area contributed by atoms with Crippen LogP contribution in [0.4, 0.5) is 8.78 Å². The lowest BCUT2D eigenvalue weighted by Crippen LogP contribution is -2.47. The Bertz CT molecular complexity index is 144. The summed E-state index contributed by atoms with van der Waals surface area (Å²) in [5.74, 6) is -2.61. The minimum absolute atomic E-state index is 0.434. The first kappa shape index (κ1) is 9.86. The highest BCUT2D eigenvalue weighted by atomic mass is 19.3. The van der Waals surface area contributed by atoms with Gasteiger partial charge in [-0.05, 0) is 26.6 Å². The van der Waals surface area contributed by atoms with Crippen molar-refractivity contribution in [2.24, 2.45) is 0 Å². The van der Waals surface area contributed by atoms with Crippen LogP contribution in [0.3, 0.4) is 0 Å². The molecule has 0 aromatic carbocycles. The molecule has 1 saturated heterocycles. The third-order valence-electron chi connectivity index (χ3n) is 2.21. The van der Waals surface area contributed by atoms with Gasteiger partial charge in [-0.3, -0.25) is 0 Å². The number of likely N-dealkylation sites (N-methyl/N-ethyl adjacent to an activating group) is 1. The van der Waals surface area contributed by atoms with Gasteiger partial charge in [0.25, 0.3) is 5.92 Å². The predicted octanol–water partition coefficient (Wildman–Crippen LogP) is 0.935. The first-order valence-electron chi connectivity index (χ1n) is 4.30. The normalized spacial score (nSPS) is 28.5. The van der Waals surface area contributed by atoms with Gasteiger partial charge in [-0.1, -0.05) is 0 Å². The highest BCUT2D eigenvalue weighted by Gasteiger charge is 2.35. The lowest BCUT2D eigenvalue weighted by molar-refractivity contribution is -0.0229. The van der Waals surface area contributed by atoms with Gasteiger partial charge in [-0.25, -0.2) is 8.78 Å². The molecular formula is C8H16F2N2. The number of rotatable bonds is 1. The zero-order valence-electron chi connectivity index (χ0n) is 7.61. The van der Waals surface area contributed by atoms with E-state index in [1.54, 1.807) is 0 Å².